The Morgan fingerprint density at radius 3 is 2.69 bits per heavy atom. The van der Waals surface area contributed by atoms with Gasteiger partial charge in [-0.05, 0) is 25.5 Å². The first kappa shape index (κ1) is 11.0. The lowest BCUT2D eigenvalue weighted by molar-refractivity contribution is 0.102. The summed E-state index contributed by atoms with van der Waals surface area (Å²) in [6.45, 7) is 5.41. The molecule has 0 atom stereocenters. The van der Waals surface area contributed by atoms with Gasteiger partial charge in [-0.1, -0.05) is 6.07 Å². The third-order valence-corrected chi connectivity index (χ3v) is 3.59. The van der Waals surface area contributed by atoms with Gasteiger partial charge < -0.3 is 0 Å². The van der Waals surface area contributed by atoms with Gasteiger partial charge >= 0.3 is 0 Å². The largest absolute Gasteiger partial charge is 0.294 e. The number of pyridine rings is 1. The predicted octanol–water partition coefficient (Wildman–Crippen LogP) is 3.02. The standard InChI is InChI=1S/C12H12N2OS/c1-7-5-4-6-13-10(7)12-14-8(2)11(16-12)9(3)15/h4-6H,1-3H3. The third-order valence-electron chi connectivity index (χ3n) is 2.33. The van der Waals surface area contributed by atoms with E-state index >= 15 is 0 Å². The van der Waals surface area contributed by atoms with E-state index in [9.17, 15) is 4.79 Å². The monoisotopic (exact) mass is 232 g/mol. The normalized spacial score (nSPS) is 10.4. The Morgan fingerprint density at radius 1 is 1.38 bits per heavy atom. The molecule has 0 aliphatic carbocycles. The number of aryl methyl sites for hydroxylation is 2. The topological polar surface area (TPSA) is 42.9 Å². The number of rotatable bonds is 2. The molecule has 0 amide bonds. The Balaban J connectivity index is 2.54. The number of aromatic nitrogens is 2. The molecule has 3 nitrogen and oxygen atoms in total. The fourth-order valence-electron chi connectivity index (χ4n) is 1.53. The number of thiazole rings is 1. The van der Waals surface area contributed by atoms with E-state index in [1.54, 1.807) is 13.1 Å². The molecule has 16 heavy (non-hydrogen) atoms. The van der Waals surface area contributed by atoms with Crippen molar-refractivity contribution in [2.24, 2.45) is 0 Å². The number of carbonyl (C=O) groups excluding carboxylic acids is 1. The molecule has 0 fully saturated rings. The molecule has 0 spiro atoms. The van der Waals surface area contributed by atoms with Gasteiger partial charge in [-0.25, -0.2) is 4.98 Å². The van der Waals surface area contributed by atoms with Crippen LogP contribution in [0, 0.1) is 13.8 Å². The lowest BCUT2D eigenvalue weighted by Crippen LogP contribution is -1.89. The lowest BCUT2D eigenvalue weighted by Gasteiger charge is -1.98. The Hall–Kier alpha value is -1.55. The van der Waals surface area contributed by atoms with Crippen LogP contribution < -0.4 is 0 Å². The Kier molecular flexibility index (Phi) is 2.83. The van der Waals surface area contributed by atoms with Gasteiger partial charge in [0.25, 0.3) is 0 Å². The van der Waals surface area contributed by atoms with Crippen LogP contribution in [-0.4, -0.2) is 15.8 Å². The molecule has 0 aliphatic heterocycles. The molecule has 0 aliphatic rings. The lowest BCUT2D eigenvalue weighted by atomic mass is 10.2. The summed E-state index contributed by atoms with van der Waals surface area (Å²) in [5, 5.41) is 0.820. The quantitative estimate of drug-likeness (QED) is 0.747. The van der Waals surface area contributed by atoms with E-state index in [-0.39, 0.29) is 5.78 Å². The van der Waals surface area contributed by atoms with E-state index in [1.807, 2.05) is 26.0 Å². The van der Waals surface area contributed by atoms with Crippen molar-refractivity contribution in [3.05, 3.63) is 34.5 Å². The number of carbonyl (C=O) groups is 1. The maximum Gasteiger partial charge on any atom is 0.171 e. The molecule has 0 aromatic carbocycles. The van der Waals surface area contributed by atoms with Crippen LogP contribution in [0.25, 0.3) is 10.7 Å². The van der Waals surface area contributed by atoms with E-state index in [0.717, 1.165) is 26.8 Å². The minimum Gasteiger partial charge on any atom is -0.294 e. The molecule has 2 rings (SSSR count). The molecule has 4 heteroatoms. The van der Waals surface area contributed by atoms with Gasteiger partial charge in [0.1, 0.15) is 10.7 Å². The molecule has 0 N–H and O–H groups in total. The second kappa shape index (κ2) is 4.14. The smallest absolute Gasteiger partial charge is 0.171 e. The van der Waals surface area contributed by atoms with E-state index in [4.69, 9.17) is 0 Å². The Labute approximate surface area is 98.2 Å². The van der Waals surface area contributed by atoms with E-state index < -0.39 is 0 Å². The summed E-state index contributed by atoms with van der Waals surface area (Å²) >= 11 is 1.41. The highest BCUT2D eigenvalue weighted by Crippen LogP contribution is 2.28. The fourth-order valence-corrected chi connectivity index (χ4v) is 2.56. The van der Waals surface area contributed by atoms with Crippen LogP contribution in [0.3, 0.4) is 0 Å². The van der Waals surface area contributed by atoms with Gasteiger partial charge in [0.2, 0.25) is 0 Å². The van der Waals surface area contributed by atoms with Crippen molar-refractivity contribution in [2.45, 2.75) is 20.8 Å². The van der Waals surface area contributed by atoms with Crippen molar-refractivity contribution >= 4 is 17.1 Å². The summed E-state index contributed by atoms with van der Waals surface area (Å²) in [6, 6.07) is 3.89. The minimum atomic E-state index is 0.0647. The molecule has 0 saturated heterocycles. The van der Waals surface area contributed by atoms with Crippen molar-refractivity contribution in [3.63, 3.8) is 0 Å². The summed E-state index contributed by atoms with van der Waals surface area (Å²) in [4.78, 5) is 20.8. The van der Waals surface area contributed by atoms with E-state index in [2.05, 4.69) is 9.97 Å². The summed E-state index contributed by atoms with van der Waals surface area (Å²) in [6.07, 6.45) is 1.74. The van der Waals surface area contributed by atoms with Crippen LogP contribution in [0.2, 0.25) is 0 Å². The van der Waals surface area contributed by atoms with Gasteiger partial charge in [-0.2, -0.15) is 0 Å². The summed E-state index contributed by atoms with van der Waals surface area (Å²) in [7, 11) is 0. The van der Waals surface area contributed by atoms with Crippen LogP contribution in [0.5, 0.6) is 0 Å². The number of hydrogen-bond donors (Lipinski definition) is 0. The average Bonchev–Trinajstić information content (AvgIpc) is 2.61. The van der Waals surface area contributed by atoms with Crippen LogP contribution in [0.4, 0.5) is 0 Å². The summed E-state index contributed by atoms with van der Waals surface area (Å²) in [5.74, 6) is 0.0647. The van der Waals surface area contributed by atoms with Crippen molar-refractivity contribution in [3.8, 4) is 10.7 Å². The summed E-state index contributed by atoms with van der Waals surface area (Å²) < 4.78 is 0. The maximum atomic E-state index is 11.3. The second-order valence-corrected chi connectivity index (χ2v) is 4.66. The minimum absolute atomic E-state index is 0.0647. The molecule has 2 heterocycles. The first-order chi connectivity index (χ1) is 7.59. The highest BCUT2D eigenvalue weighted by molar-refractivity contribution is 7.17. The zero-order valence-electron chi connectivity index (χ0n) is 9.44. The first-order valence-electron chi connectivity index (χ1n) is 5.00. The van der Waals surface area contributed by atoms with Gasteiger partial charge in [0.05, 0.1) is 10.6 Å². The van der Waals surface area contributed by atoms with Crippen molar-refractivity contribution < 1.29 is 4.79 Å². The zero-order valence-corrected chi connectivity index (χ0v) is 10.3. The molecule has 2 aromatic rings. The van der Waals surface area contributed by atoms with E-state index in [1.165, 1.54) is 11.3 Å². The second-order valence-electron chi connectivity index (χ2n) is 3.66. The fraction of sp³-hybridized carbons (Fsp3) is 0.250. The number of hydrogen-bond acceptors (Lipinski definition) is 4. The van der Waals surface area contributed by atoms with Gasteiger partial charge in [0.15, 0.2) is 5.78 Å². The number of nitrogens with zero attached hydrogens (tertiary/aromatic N) is 2. The van der Waals surface area contributed by atoms with Gasteiger partial charge in [-0.3, -0.25) is 9.78 Å². The molecule has 0 radical (unpaired) electrons. The maximum absolute atomic E-state index is 11.3. The van der Waals surface area contributed by atoms with Crippen molar-refractivity contribution in [1.29, 1.82) is 0 Å². The highest BCUT2D eigenvalue weighted by Gasteiger charge is 2.14. The predicted molar refractivity (Wildman–Crippen MR) is 64.8 cm³/mol. The number of Topliss-reactive ketones (excluding diaryl/α,β-unsaturated/α-hetero) is 1. The first-order valence-corrected chi connectivity index (χ1v) is 5.81. The molecule has 82 valence electrons. The Morgan fingerprint density at radius 2 is 2.12 bits per heavy atom. The van der Waals surface area contributed by atoms with E-state index in [0.29, 0.717) is 0 Å². The summed E-state index contributed by atoms with van der Waals surface area (Å²) in [5.41, 5.74) is 2.73. The SMILES string of the molecule is CC(=O)c1sc(-c2ncccc2C)nc1C. The highest BCUT2D eigenvalue weighted by atomic mass is 32.1. The number of ketones is 1. The van der Waals surface area contributed by atoms with Crippen LogP contribution in [0.1, 0.15) is 27.9 Å². The van der Waals surface area contributed by atoms with Gasteiger partial charge in [0, 0.05) is 13.1 Å². The van der Waals surface area contributed by atoms with Gasteiger partial charge in [-0.15, -0.1) is 11.3 Å². The van der Waals surface area contributed by atoms with Crippen molar-refractivity contribution in [2.75, 3.05) is 0 Å². The van der Waals surface area contributed by atoms with Crippen LogP contribution in [0.15, 0.2) is 18.3 Å². The zero-order chi connectivity index (χ0) is 11.7. The Bertz CT molecular complexity index is 546. The molecule has 2 aromatic heterocycles. The molecular formula is C12H12N2OS. The molecular weight excluding hydrogens is 220 g/mol. The third kappa shape index (κ3) is 1.88. The molecule has 0 saturated carbocycles. The molecule has 0 bridgehead atoms. The van der Waals surface area contributed by atoms with Crippen LogP contribution in [-0.2, 0) is 0 Å². The van der Waals surface area contributed by atoms with Crippen LogP contribution >= 0.6 is 11.3 Å². The molecule has 0 unspecified atom stereocenters. The van der Waals surface area contributed by atoms with Crippen molar-refractivity contribution in [1.82, 2.24) is 9.97 Å². The average molecular weight is 232 g/mol.